The molecule has 1 aliphatic rings. The molecule has 2 amide bonds. The van der Waals surface area contributed by atoms with E-state index in [4.69, 9.17) is 9.47 Å². The van der Waals surface area contributed by atoms with Gasteiger partial charge in [-0.2, -0.15) is 0 Å². The Morgan fingerprint density at radius 3 is 2.58 bits per heavy atom. The first kappa shape index (κ1) is 17.8. The van der Waals surface area contributed by atoms with E-state index in [0.717, 1.165) is 24.1 Å². The molecule has 1 N–H and O–H groups in total. The van der Waals surface area contributed by atoms with Crippen LogP contribution in [0.4, 0.5) is 5.69 Å². The molecule has 1 aliphatic heterocycles. The standard InChI is InChI=1S/C20H22N2O4/c1-25-15-11-17-16(18(12-15)26-2)9-6-10-22(17)19(23)13-21-20(24)14-7-4-3-5-8-14/h3-5,7-8,11-12H,6,9-10,13H2,1-2H3,(H,21,24). The van der Waals surface area contributed by atoms with Gasteiger partial charge in [0.05, 0.1) is 26.5 Å². The topological polar surface area (TPSA) is 67.9 Å². The SMILES string of the molecule is COc1cc(OC)c2c(c1)N(C(=O)CNC(=O)c1ccccc1)CCC2. The number of nitrogens with zero attached hydrogens (tertiary/aromatic N) is 1. The smallest absolute Gasteiger partial charge is 0.251 e. The molecule has 0 atom stereocenters. The van der Waals surface area contributed by atoms with E-state index in [1.54, 1.807) is 43.4 Å². The third-order valence-electron chi connectivity index (χ3n) is 4.45. The average Bonchev–Trinajstić information content (AvgIpc) is 2.70. The molecule has 0 aliphatic carbocycles. The van der Waals surface area contributed by atoms with E-state index in [9.17, 15) is 9.59 Å². The van der Waals surface area contributed by atoms with E-state index in [2.05, 4.69) is 5.32 Å². The molecule has 0 bridgehead atoms. The molecule has 2 aromatic rings. The highest BCUT2D eigenvalue weighted by Gasteiger charge is 2.26. The minimum Gasteiger partial charge on any atom is -0.497 e. The molecule has 0 saturated heterocycles. The number of anilines is 1. The van der Waals surface area contributed by atoms with Crippen LogP contribution in [0.3, 0.4) is 0 Å². The monoisotopic (exact) mass is 354 g/mol. The molecule has 0 fully saturated rings. The highest BCUT2D eigenvalue weighted by atomic mass is 16.5. The fraction of sp³-hybridized carbons (Fsp3) is 0.300. The second-order valence-electron chi connectivity index (χ2n) is 6.02. The van der Waals surface area contributed by atoms with Crippen molar-refractivity contribution in [3.05, 3.63) is 53.6 Å². The molecule has 1 heterocycles. The van der Waals surface area contributed by atoms with Gasteiger partial charge in [-0.3, -0.25) is 9.59 Å². The van der Waals surface area contributed by atoms with Gasteiger partial charge in [0.25, 0.3) is 5.91 Å². The minimum absolute atomic E-state index is 0.0628. The number of hydrogen-bond donors (Lipinski definition) is 1. The summed E-state index contributed by atoms with van der Waals surface area (Å²) in [7, 11) is 3.19. The second-order valence-corrected chi connectivity index (χ2v) is 6.02. The fourth-order valence-electron chi connectivity index (χ4n) is 3.13. The average molecular weight is 354 g/mol. The van der Waals surface area contributed by atoms with Gasteiger partial charge in [0.2, 0.25) is 5.91 Å². The molecule has 0 unspecified atom stereocenters. The van der Waals surface area contributed by atoms with Crippen LogP contribution in [0.25, 0.3) is 0 Å². The number of amides is 2. The van der Waals surface area contributed by atoms with Gasteiger partial charge >= 0.3 is 0 Å². The Labute approximate surface area is 152 Å². The molecule has 136 valence electrons. The first-order chi connectivity index (χ1) is 12.6. The Morgan fingerprint density at radius 1 is 1.12 bits per heavy atom. The van der Waals surface area contributed by atoms with Crippen molar-refractivity contribution in [2.75, 3.05) is 32.2 Å². The van der Waals surface area contributed by atoms with Crippen LogP contribution in [-0.2, 0) is 11.2 Å². The number of rotatable bonds is 5. The first-order valence-electron chi connectivity index (χ1n) is 8.52. The molecule has 3 rings (SSSR count). The Bertz CT molecular complexity index is 805. The summed E-state index contributed by atoms with van der Waals surface area (Å²) in [6.07, 6.45) is 1.68. The molecule has 26 heavy (non-hydrogen) atoms. The zero-order valence-electron chi connectivity index (χ0n) is 15.0. The van der Waals surface area contributed by atoms with E-state index in [1.807, 2.05) is 18.2 Å². The number of carbonyl (C=O) groups is 2. The quantitative estimate of drug-likeness (QED) is 0.895. The van der Waals surface area contributed by atoms with Crippen molar-refractivity contribution >= 4 is 17.5 Å². The van der Waals surface area contributed by atoms with Crippen LogP contribution in [0.5, 0.6) is 11.5 Å². The highest BCUT2D eigenvalue weighted by Crippen LogP contribution is 2.38. The Balaban J connectivity index is 1.76. The summed E-state index contributed by atoms with van der Waals surface area (Å²) in [5.41, 5.74) is 2.30. The van der Waals surface area contributed by atoms with Gasteiger partial charge in [-0.25, -0.2) is 0 Å². The van der Waals surface area contributed by atoms with Gasteiger partial charge in [-0.05, 0) is 25.0 Å². The molecule has 6 heteroatoms. The van der Waals surface area contributed by atoms with Crippen molar-refractivity contribution < 1.29 is 19.1 Å². The van der Waals surface area contributed by atoms with Crippen LogP contribution in [-0.4, -0.2) is 39.1 Å². The Kier molecular flexibility index (Phi) is 5.41. The van der Waals surface area contributed by atoms with Crippen LogP contribution >= 0.6 is 0 Å². The summed E-state index contributed by atoms with van der Waals surface area (Å²) in [6, 6.07) is 12.5. The summed E-state index contributed by atoms with van der Waals surface area (Å²) in [4.78, 5) is 26.6. The number of carbonyl (C=O) groups excluding carboxylic acids is 2. The summed E-state index contributed by atoms with van der Waals surface area (Å²) in [5, 5.41) is 2.69. The number of nitrogens with one attached hydrogen (secondary N) is 1. The summed E-state index contributed by atoms with van der Waals surface area (Å²) in [5.74, 6) is 0.920. The fourth-order valence-corrected chi connectivity index (χ4v) is 3.13. The maximum Gasteiger partial charge on any atom is 0.251 e. The third kappa shape index (κ3) is 3.64. The number of benzene rings is 2. The van der Waals surface area contributed by atoms with Crippen LogP contribution in [0.2, 0.25) is 0 Å². The Morgan fingerprint density at radius 2 is 1.88 bits per heavy atom. The molecule has 0 aromatic heterocycles. The van der Waals surface area contributed by atoms with Gasteiger partial charge in [0.15, 0.2) is 0 Å². The third-order valence-corrected chi connectivity index (χ3v) is 4.45. The van der Waals surface area contributed by atoms with Crippen LogP contribution in [0, 0.1) is 0 Å². The van der Waals surface area contributed by atoms with Gasteiger partial charge in [-0.1, -0.05) is 18.2 Å². The van der Waals surface area contributed by atoms with Crippen molar-refractivity contribution in [1.29, 1.82) is 0 Å². The van der Waals surface area contributed by atoms with Gasteiger partial charge in [-0.15, -0.1) is 0 Å². The lowest BCUT2D eigenvalue weighted by Gasteiger charge is -2.31. The van der Waals surface area contributed by atoms with E-state index >= 15 is 0 Å². The number of fused-ring (bicyclic) bond motifs is 1. The number of hydrogen-bond acceptors (Lipinski definition) is 4. The zero-order valence-corrected chi connectivity index (χ0v) is 15.0. The number of ether oxygens (including phenoxy) is 2. The lowest BCUT2D eigenvalue weighted by Crippen LogP contribution is -2.42. The summed E-state index contributed by atoms with van der Waals surface area (Å²) < 4.78 is 10.8. The van der Waals surface area contributed by atoms with Crippen LogP contribution < -0.4 is 19.7 Å². The van der Waals surface area contributed by atoms with E-state index in [-0.39, 0.29) is 18.4 Å². The highest BCUT2D eigenvalue weighted by molar-refractivity contribution is 6.01. The van der Waals surface area contributed by atoms with E-state index in [0.29, 0.717) is 23.6 Å². The van der Waals surface area contributed by atoms with E-state index < -0.39 is 0 Å². The van der Waals surface area contributed by atoms with Gasteiger partial charge < -0.3 is 19.7 Å². The normalized spacial score (nSPS) is 12.9. The van der Waals surface area contributed by atoms with Gasteiger partial charge in [0.1, 0.15) is 11.5 Å². The van der Waals surface area contributed by atoms with Crippen molar-refractivity contribution in [3.8, 4) is 11.5 Å². The maximum absolute atomic E-state index is 12.7. The predicted molar refractivity (Wildman–Crippen MR) is 99.0 cm³/mol. The van der Waals surface area contributed by atoms with E-state index in [1.165, 1.54) is 0 Å². The maximum atomic E-state index is 12.7. The molecular formula is C20H22N2O4. The molecule has 0 saturated carbocycles. The predicted octanol–water partition coefficient (Wildman–Crippen LogP) is 2.41. The second kappa shape index (κ2) is 7.91. The van der Waals surface area contributed by atoms with Crippen LogP contribution in [0.1, 0.15) is 22.3 Å². The lowest BCUT2D eigenvalue weighted by atomic mass is 10.00. The molecule has 6 nitrogen and oxygen atoms in total. The lowest BCUT2D eigenvalue weighted by molar-refractivity contribution is -0.117. The van der Waals surface area contributed by atoms with Crippen LogP contribution in [0.15, 0.2) is 42.5 Å². The molecule has 0 radical (unpaired) electrons. The summed E-state index contributed by atoms with van der Waals surface area (Å²) in [6.45, 7) is 0.538. The largest absolute Gasteiger partial charge is 0.497 e. The Hall–Kier alpha value is -3.02. The summed E-state index contributed by atoms with van der Waals surface area (Å²) >= 11 is 0. The number of methoxy groups -OCH3 is 2. The first-order valence-corrected chi connectivity index (χ1v) is 8.52. The van der Waals surface area contributed by atoms with Crippen molar-refractivity contribution in [3.63, 3.8) is 0 Å². The minimum atomic E-state index is -0.264. The molecule has 0 spiro atoms. The van der Waals surface area contributed by atoms with Gasteiger partial charge in [0, 0.05) is 29.8 Å². The van der Waals surface area contributed by atoms with Crippen molar-refractivity contribution in [2.45, 2.75) is 12.8 Å². The zero-order chi connectivity index (χ0) is 18.5. The molecular weight excluding hydrogens is 332 g/mol. The van der Waals surface area contributed by atoms with Crippen molar-refractivity contribution in [1.82, 2.24) is 5.32 Å². The molecule has 2 aromatic carbocycles. The van der Waals surface area contributed by atoms with Crippen molar-refractivity contribution in [2.24, 2.45) is 0 Å².